The summed E-state index contributed by atoms with van der Waals surface area (Å²) in [5.41, 5.74) is 2.15. The zero-order valence-electron chi connectivity index (χ0n) is 10.9. The smallest absolute Gasteiger partial charge is 0.191 e. The lowest BCUT2D eigenvalue weighted by molar-refractivity contribution is 0.274. The van der Waals surface area contributed by atoms with Gasteiger partial charge in [0.05, 0.1) is 4.90 Å². The number of aryl methyl sites for hydroxylation is 2. The lowest BCUT2D eigenvalue weighted by Gasteiger charge is -2.26. The van der Waals surface area contributed by atoms with Gasteiger partial charge in [-0.1, -0.05) is 6.07 Å². The number of nitrogens with one attached hydrogen (secondary N) is 1. The molecule has 0 aromatic heterocycles. The van der Waals surface area contributed by atoms with Crippen LogP contribution in [0.1, 0.15) is 11.1 Å². The zero-order valence-corrected chi connectivity index (χ0v) is 11.8. The van der Waals surface area contributed by atoms with Gasteiger partial charge in [0.25, 0.3) is 0 Å². The molecule has 18 heavy (non-hydrogen) atoms. The number of hydrogen-bond acceptors (Lipinski definition) is 4. The second-order valence-electron chi connectivity index (χ2n) is 4.86. The molecule has 1 fully saturated rings. The summed E-state index contributed by atoms with van der Waals surface area (Å²) in [7, 11) is -3.20. The van der Waals surface area contributed by atoms with Gasteiger partial charge in [-0.15, -0.1) is 0 Å². The Morgan fingerprint density at radius 3 is 2.44 bits per heavy atom. The van der Waals surface area contributed by atoms with Gasteiger partial charge in [-0.2, -0.15) is 0 Å². The molecule has 100 valence electrons. The Bertz CT molecular complexity index is 520. The maximum absolute atomic E-state index is 12.3. The van der Waals surface area contributed by atoms with Crippen LogP contribution in [-0.2, 0) is 9.84 Å². The minimum Gasteiger partial charge on any atom is -0.314 e. The Morgan fingerprint density at radius 1 is 1.17 bits per heavy atom. The molecule has 4 nitrogen and oxygen atoms in total. The van der Waals surface area contributed by atoms with E-state index in [-0.39, 0.29) is 5.88 Å². The van der Waals surface area contributed by atoms with Crippen molar-refractivity contribution in [2.45, 2.75) is 18.7 Å². The fourth-order valence-electron chi connectivity index (χ4n) is 2.06. The second-order valence-corrected chi connectivity index (χ2v) is 6.82. The van der Waals surface area contributed by atoms with Crippen molar-refractivity contribution in [2.24, 2.45) is 0 Å². The molecule has 0 bridgehead atoms. The van der Waals surface area contributed by atoms with Gasteiger partial charge >= 0.3 is 0 Å². The largest absolute Gasteiger partial charge is 0.314 e. The first-order valence-corrected chi connectivity index (χ1v) is 7.87. The molecule has 0 unspecified atom stereocenters. The summed E-state index contributed by atoms with van der Waals surface area (Å²) in [4.78, 5) is 2.42. The Kier molecular flexibility index (Phi) is 4.04. The number of rotatable bonds is 3. The molecule has 1 heterocycles. The van der Waals surface area contributed by atoms with E-state index in [0.29, 0.717) is 4.90 Å². The third-order valence-electron chi connectivity index (χ3n) is 3.40. The van der Waals surface area contributed by atoms with Crippen LogP contribution in [0.5, 0.6) is 0 Å². The highest BCUT2D eigenvalue weighted by Gasteiger charge is 2.20. The van der Waals surface area contributed by atoms with Crippen molar-refractivity contribution < 1.29 is 8.42 Å². The average Bonchev–Trinajstić information content (AvgIpc) is 2.33. The van der Waals surface area contributed by atoms with Gasteiger partial charge in [0.15, 0.2) is 9.84 Å². The van der Waals surface area contributed by atoms with Crippen LogP contribution in [0.15, 0.2) is 23.1 Å². The molecule has 1 aliphatic rings. The van der Waals surface area contributed by atoms with Crippen LogP contribution in [0.25, 0.3) is 0 Å². The van der Waals surface area contributed by atoms with Gasteiger partial charge in [0.1, 0.15) is 5.88 Å². The van der Waals surface area contributed by atoms with Crippen molar-refractivity contribution in [1.29, 1.82) is 0 Å². The molecular weight excluding hydrogens is 248 g/mol. The summed E-state index contributed by atoms with van der Waals surface area (Å²) in [6.45, 7) is 7.25. The molecule has 0 aliphatic carbocycles. The first kappa shape index (κ1) is 13.5. The lowest BCUT2D eigenvalue weighted by Crippen LogP contribution is -2.45. The van der Waals surface area contributed by atoms with Crippen LogP contribution in [0, 0.1) is 13.8 Å². The third kappa shape index (κ3) is 3.10. The van der Waals surface area contributed by atoms with E-state index in [2.05, 4.69) is 5.32 Å². The zero-order chi connectivity index (χ0) is 13.2. The maximum atomic E-state index is 12.3. The Hall–Kier alpha value is -0.910. The van der Waals surface area contributed by atoms with Gasteiger partial charge < -0.3 is 5.32 Å². The quantitative estimate of drug-likeness (QED) is 0.886. The number of benzene rings is 1. The first-order chi connectivity index (χ1) is 8.49. The summed E-state index contributed by atoms with van der Waals surface area (Å²) in [5.74, 6) is 0.122. The van der Waals surface area contributed by atoms with E-state index < -0.39 is 9.84 Å². The van der Waals surface area contributed by atoms with Crippen molar-refractivity contribution in [3.8, 4) is 0 Å². The molecular formula is C13H20N2O2S. The minimum absolute atomic E-state index is 0.122. The summed E-state index contributed by atoms with van der Waals surface area (Å²) >= 11 is 0. The highest BCUT2D eigenvalue weighted by atomic mass is 32.2. The first-order valence-electron chi connectivity index (χ1n) is 6.22. The molecule has 1 aromatic rings. The van der Waals surface area contributed by atoms with Gasteiger partial charge in [0, 0.05) is 26.2 Å². The molecule has 1 saturated heterocycles. The molecule has 0 spiro atoms. The predicted octanol–water partition coefficient (Wildman–Crippen LogP) is 0.940. The van der Waals surface area contributed by atoms with E-state index in [9.17, 15) is 8.42 Å². The Labute approximate surface area is 109 Å². The minimum atomic E-state index is -3.20. The highest BCUT2D eigenvalue weighted by Crippen LogP contribution is 2.17. The van der Waals surface area contributed by atoms with Crippen molar-refractivity contribution in [3.63, 3.8) is 0 Å². The molecule has 0 radical (unpaired) electrons. The molecule has 1 aliphatic heterocycles. The van der Waals surface area contributed by atoms with E-state index in [1.807, 2.05) is 24.8 Å². The lowest BCUT2D eigenvalue weighted by atomic mass is 10.1. The molecule has 5 heteroatoms. The average molecular weight is 268 g/mol. The summed E-state index contributed by atoms with van der Waals surface area (Å²) in [6.07, 6.45) is 0. The van der Waals surface area contributed by atoms with Crippen LogP contribution in [0.3, 0.4) is 0 Å². The van der Waals surface area contributed by atoms with E-state index in [1.165, 1.54) is 0 Å². The predicted molar refractivity (Wildman–Crippen MR) is 72.4 cm³/mol. The number of piperazine rings is 1. The van der Waals surface area contributed by atoms with Gasteiger partial charge in [-0.25, -0.2) is 8.42 Å². The van der Waals surface area contributed by atoms with Crippen molar-refractivity contribution >= 4 is 9.84 Å². The van der Waals surface area contributed by atoms with Crippen molar-refractivity contribution in [3.05, 3.63) is 29.3 Å². The highest BCUT2D eigenvalue weighted by molar-refractivity contribution is 7.91. The van der Waals surface area contributed by atoms with E-state index in [0.717, 1.165) is 37.3 Å². The van der Waals surface area contributed by atoms with Crippen LogP contribution < -0.4 is 5.32 Å². The molecule has 0 amide bonds. The van der Waals surface area contributed by atoms with Crippen LogP contribution in [0.2, 0.25) is 0 Å². The Morgan fingerprint density at radius 2 is 1.83 bits per heavy atom. The fourth-order valence-corrected chi connectivity index (χ4v) is 3.58. The fraction of sp³-hybridized carbons (Fsp3) is 0.538. The molecule has 2 rings (SSSR count). The standard InChI is InChI=1S/C13H20N2O2S/c1-11-3-4-13(9-12(11)2)18(16,17)10-15-7-5-14-6-8-15/h3-4,9,14H,5-8,10H2,1-2H3. The van der Waals surface area contributed by atoms with Crippen LogP contribution in [-0.4, -0.2) is 45.4 Å². The SMILES string of the molecule is Cc1ccc(S(=O)(=O)CN2CCNCC2)cc1C. The Balaban J connectivity index is 2.16. The van der Waals surface area contributed by atoms with Crippen molar-refractivity contribution in [2.75, 3.05) is 32.1 Å². The van der Waals surface area contributed by atoms with Crippen LogP contribution >= 0.6 is 0 Å². The van der Waals surface area contributed by atoms with E-state index in [4.69, 9.17) is 0 Å². The monoisotopic (exact) mass is 268 g/mol. The van der Waals surface area contributed by atoms with E-state index >= 15 is 0 Å². The molecule has 0 atom stereocenters. The topological polar surface area (TPSA) is 49.4 Å². The normalized spacial score (nSPS) is 17.9. The molecule has 0 saturated carbocycles. The molecule has 1 N–H and O–H groups in total. The molecule has 1 aromatic carbocycles. The van der Waals surface area contributed by atoms with Gasteiger partial charge in [0.2, 0.25) is 0 Å². The number of nitrogens with zero attached hydrogens (tertiary/aromatic N) is 1. The van der Waals surface area contributed by atoms with E-state index in [1.54, 1.807) is 12.1 Å². The van der Waals surface area contributed by atoms with Crippen molar-refractivity contribution in [1.82, 2.24) is 10.2 Å². The van der Waals surface area contributed by atoms with Crippen LogP contribution in [0.4, 0.5) is 0 Å². The number of hydrogen-bond donors (Lipinski definition) is 1. The summed E-state index contributed by atoms with van der Waals surface area (Å²) in [5, 5.41) is 3.22. The van der Waals surface area contributed by atoms with Gasteiger partial charge in [-0.3, -0.25) is 4.90 Å². The number of sulfone groups is 1. The third-order valence-corrected chi connectivity index (χ3v) is 5.08. The summed E-state index contributed by atoms with van der Waals surface area (Å²) in [6, 6.07) is 5.35. The summed E-state index contributed by atoms with van der Waals surface area (Å²) < 4.78 is 24.6. The second kappa shape index (κ2) is 5.38. The maximum Gasteiger partial charge on any atom is 0.191 e. The van der Waals surface area contributed by atoms with Gasteiger partial charge in [-0.05, 0) is 37.1 Å².